The second-order valence-corrected chi connectivity index (χ2v) is 5.02. The van der Waals surface area contributed by atoms with Crippen LogP contribution in [0.5, 0.6) is 0 Å². The molecule has 0 fully saturated rings. The molecule has 0 aromatic heterocycles. The predicted octanol–water partition coefficient (Wildman–Crippen LogP) is 5.19. The molecule has 0 aliphatic carbocycles. The van der Waals surface area contributed by atoms with Crippen molar-refractivity contribution >= 4 is 0 Å². The maximum absolute atomic E-state index is 5.30. The Morgan fingerprint density at radius 2 is 1.31 bits per heavy atom. The molecule has 0 N–H and O–H groups in total. The highest BCUT2D eigenvalue weighted by atomic mass is 16.5. The maximum atomic E-state index is 5.30. The van der Waals surface area contributed by atoms with E-state index in [1.807, 2.05) is 7.11 Å². The predicted molar refractivity (Wildman–Crippen MR) is 72.9 cm³/mol. The van der Waals surface area contributed by atoms with Crippen molar-refractivity contribution in [3.05, 3.63) is 0 Å². The van der Waals surface area contributed by atoms with E-state index >= 15 is 0 Å². The molecule has 0 aromatic rings. The average molecular weight is 228 g/mol. The fourth-order valence-corrected chi connectivity index (χ4v) is 2.25. The largest absolute Gasteiger partial charge is 0.384 e. The zero-order valence-corrected chi connectivity index (χ0v) is 11.8. The molecule has 98 valence electrons. The van der Waals surface area contributed by atoms with Crippen LogP contribution in [0.1, 0.15) is 78.1 Å². The first-order valence-electron chi connectivity index (χ1n) is 7.34. The Balaban J connectivity index is 3.36. The summed E-state index contributed by atoms with van der Waals surface area (Å²) < 4.78 is 5.30. The van der Waals surface area contributed by atoms with Gasteiger partial charge in [0.15, 0.2) is 0 Å². The number of hydrogen-bond donors (Lipinski definition) is 0. The Labute approximate surface area is 103 Å². The average Bonchev–Trinajstić information content (AvgIpc) is 2.30. The summed E-state index contributed by atoms with van der Waals surface area (Å²) >= 11 is 0. The molecule has 0 saturated carbocycles. The first-order chi connectivity index (χ1) is 7.85. The Kier molecular flexibility index (Phi) is 13.0. The quantitative estimate of drug-likeness (QED) is 0.418. The van der Waals surface area contributed by atoms with Gasteiger partial charge < -0.3 is 4.74 Å². The van der Waals surface area contributed by atoms with E-state index in [2.05, 4.69) is 13.8 Å². The van der Waals surface area contributed by atoms with Gasteiger partial charge in [0.2, 0.25) is 0 Å². The minimum absolute atomic E-state index is 0.816. The monoisotopic (exact) mass is 228 g/mol. The molecule has 0 aromatic carbocycles. The number of methoxy groups -OCH3 is 1. The van der Waals surface area contributed by atoms with Gasteiger partial charge in [-0.3, -0.25) is 0 Å². The number of unbranched alkanes of at least 4 members (excludes halogenated alkanes) is 6. The standard InChI is InChI=1S/C15H32O/c1-4-6-8-9-10-11-13-15(14-16-3)12-7-5-2/h15H,4-14H2,1-3H3. The molecule has 0 rings (SSSR count). The van der Waals surface area contributed by atoms with Gasteiger partial charge in [-0.15, -0.1) is 0 Å². The summed E-state index contributed by atoms with van der Waals surface area (Å²) in [6, 6.07) is 0. The minimum Gasteiger partial charge on any atom is -0.384 e. The molecule has 0 aliphatic heterocycles. The molecule has 16 heavy (non-hydrogen) atoms. The van der Waals surface area contributed by atoms with Crippen molar-refractivity contribution in [2.75, 3.05) is 13.7 Å². The van der Waals surface area contributed by atoms with Crippen molar-refractivity contribution in [2.24, 2.45) is 5.92 Å². The van der Waals surface area contributed by atoms with E-state index in [1.165, 1.54) is 64.2 Å². The molecule has 0 radical (unpaired) electrons. The van der Waals surface area contributed by atoms with Gasteiger partial charge in [-0.25, -0.2) is 0 Å². The molecule has 0 amide bonds. The summed E-state index contributed by atoms with van der Waals surface area (Å²) in [5, 5.41) is 0. The molecular weight excluding hydrogens is 196 g/mol. The highest BCUT2D eigenvalue weighted by Crippen LogP contribution is 2.17. The minimum atomic E-state index is 0.816. The number of ether oxygens (including phenoxy) is 1. The van der Waals surface area contributed by atoms with Crippen LogP contribution in [0.25, 0.3) is 0 Å². The van der Waals surface area contributed by atoms with Crippen LogP contribution in [0, 0.1) is 5.92 Å². The summed E-state index contributed by atoms with van der Waals surface area (Å²) in [7, 11) is 1.83. The van der Waals surface area contributed by atoms with Crippen LogP contribution in [-0.2, 0) is 4.74 Å². The van der Waals surface area contributed by atoms with E-state index in [-0.39, 0.29) is 0 Å². The second kappa shape index (κ2) is 13.0. The lowest BCUT2D eigenvalue weighted by atomic mass is 9.96. The molecule has 1 nitrogen and oxygen atoms in total. The van der Waals surface area contributed by atoms with Crippen LogP contribution in [0.3, 0.4) is 0 Å². The van der Waals surface area contributed by atoms with E-state index in [9.17, 15) is 0 Å². The van der Waals surface area contributed by atoms with Gasteiger partial charge in [0.25, 0.3) is 0 Å². The third-order valence-electron chi connectivity index (χ3n) is 3.33. The molecule has 0 bridgehead atoms. The van der Waals surface area contributed by atoms with E-state index in [4.69, 9.17) is 4.74 Å². The molecular formula is C15H32O. The molecule has 1 atom stereocenters. The van der Waals surface area contributed by atoms with Crippen LogP contribution in [0.15, 0.2) is 0 Å². The first-order valence-corrected chi connectivity index (χ1v) is 7.34. The highest BCUT2D eigenvalue weighted by Gasteiger charge is 2.07. The van der Waals surface area contributed by atoms with Crippen LogP contribution < -0.4 is 0 Å². The Morgan fingerprint density at radius 3 is 1.94 bits per heavy atom. The van der Waals surface area contributed by atoms with Crippen LogP contribution >= 0.6 is 0 Å². The third-order valence-corrected chi connectivity index (χ3v) is 3.33. The lowest BCUT2D eigenvalue weighted by molar-refractivity contribution is 0.140. The van der Waals surface area contributed by atoms with Crippen molar-refractivity contribution in [1.29, 1.82) is 0 Å². The topological polar surface area (TPSA) is 9.23 Å². The summed E-state index contributed by atoms with van der Waals surface area (Å²) in [4.78, 5) is 0. The van der Waals surface area contributed by atoms with E-state index < -0.39 is 0 Å². The van der Waals surface area contributed by atoms with Crippen molar-refractivity contribution in [2.45, 2.75) is 78.1 Å². The summed E-state index contributed by atoms with van der Waals surface area (Å²) in [5.74, 6) is 0.816. The Bertz CT molecular complexity index is 123. The van der Waals surface area contributed by atoms with E-state index in [0.29, 0.717) is 0 Å². The van der Waals surface area contributed by atoms with Gasteiger partial charge in [0.1, 0.15) is 0 Å². The molecule has 1 heteroatoms. The van der Waals surface area contributed by atoms with Crippen molar-refractivity contribution in [3.8, 4) is 0 Å². The molecule has 0 aliphatic rings. The zero-order chi connectivity index (χ0) is 12.1. The van der Waals surface area contributed by atoms with Crippen LogP contribution in [-0.4, -0.2) is 13.7 Å². The van der Waals surface area contributed by atoms with Gasteiger partial charge >= 0.3 is 0 Å². The van der Waals surface area contributed by atoms with Crippen molar-refractivity contribution < 1.29 is 4.74 Å². The van der Waals surface area contributed by atoms with E-state index in [1.54, 1.807) is 0 Å². The maximum Gasteiger partial charge on any atom is 0.0490 e. The second-order valence-electron chi connectivity index (χ2n) is 5.02. The lowest BCUT2D eigenvalue weighted by Crippen LogP contribution is -2.08. The number of rotatable bonds is 12. The first kappa shape index (κ1) is 16.0. The summed E-state index contributed by atoms with van der Waals surface area (Å²) in [6.07, 6.45) is 13.9. The molecule has 0 spiro atoms. The molecule has 1 unspecified atom stereocenters. The fourth-order valence-electron chi connectivity index (χ4n) is 2.25. The van der Waals surface area contributed by atoms with Crippen molar-refractivity contribution in [1.82, 2.24) is 0 Å². The SMILES string of the molecule is CCCCCCCCC(CCCC)COC. The summed E-state index contributed by atoms with van der Waals surface area (Å²) in [6.45, 7) is 5.52. The highest BCUT2D eigenvalue weighted by molar-refractivity contribution is 4.59. The number of hydrogen-bond acceptors (Lipinski definition) is 1. The zero-order valence-electron chi connectivity index (χ0n) is 11.8. The van der Waals surface area contributed by atoms with Gasteiger partial charge in [-0.1, -0.05) is 65.2 Å². The van der Waals surface area contributed by atoms with E-state index in [0.717, 1.165) is 12.5 Å². The smallest absolute Gasteiger partial charge is 0.0490 e. The van der Waals surface area contributed by atoms with Crippen molar-refractivity contribution in [3.63, 3.8) is 0 Å². The van der Waals surface area contributed by atoms with Crippen LogP contribution in [0.4, 0.5) is 0 Å². The third kappa shape index (κ3) is 10.5. The summed E-state index contributed by atoms with van der Waals surface area (Å²) in [5.41, 5.74) is 0. The van der Waals surface area contributed by atoms with Gasteiger partial charge in [0, 0.05) is 13.7 Å². The lowest BCUT2D eigenvalue weighted by Gasteiger charge is -2.15. The van der Waals surface area contributed by atoms with Gasteiger partial charge in [-0.2, -0.15) is 0 Å². The Morgan fingerprint density at radius 1 is 0.750 bits per heavy atom. The molecule has 0 saturated heterocycles. The Hall–Kier alpha value is -0.0400. The van der Waals surface area contributed by atoms with Gasteiger partial charge in [0.05, 0.1) is 0 Å². The van der Waals surface area contributed by atoms with Crippen LogP contribution in [0.2, 0.25) is 0 Å². The molecule has 0 heterocycles. The fraction of sp³-hybridized carbons (Fsp3) is 1.00. The van der Waals surface area contributed by atoms with Gasteiger partial charge in [-0.05, 0) is 18.8 Å². The normalized spacial score (nSPS) is 12.9.